The average Bonchev–Trinajstić information content (AvgIpc) is 3.21. The first-order valence-corrected chi connectivity index (χ1v) is 11.8. The van der Waals surface area contributed by atoms with Crippen LogP contribution in [0.15, 0.2) is 41.3 Å². The van der Waals surface area contributed by atoms with Gasteiger partial charge in [0.2, 0.25) is 10.0 Å². The minimum atomic E-state index is -3.79. The van der Waals surface area contributed by atoms with Crippen molar-refractivity contribution in [3.05, 3.63) is 47.5 Å². The summed E-state index contributed by atoms with van der Waals surface area (Å²) < 4.78 is 24.4. The Hall–Kier alpha value is -1.89. The number of fused-ring (bicyclic) bond motifs is 1. The maximum Gasteiger partial charge on any atom is 0.238 e. The van der Waals surface area contributed by atoms with Crippen LogP contribution in [0.3, 0.4) is 0 Å². The molecule has 1 saturated heterocycles. The number of hydrogen-bond donors (Lipinski definition) is 2. The molecule has 2 aliphatic rings. The number of sulfonamides is 1. The molecule has 0 amide bonds. The lowest BCUT2D eigenvalue weighted by molar-refractivity contribution is 0.471. The number of benzene rings is 2. The van der Waals surface area contributed by atoms with Crippen molar-refractivity contribution in [3.63, 3.8) is 0 Å². The first-order valence-electron chi connectivity index (χ1n) is 10.2. The van der Waals surface area contributed by atoms with E-state index in [1.54, 1.807) is 6.07 Å². The number of nitrogens with zero attached hydrogens (tertiary/aromatic N) is 1. The maximum atomic E-state index is 12.2. The van der Waals surface area contributed by atoms with Crippen LogP contribution in [0.1, 0.15) is 37.3 Å². The summed E-state index contributed by atoms with van der Waals surface area (Å²) in [6, 6.07) is 12.4. The predicted molar refractivity (Wildman–Crippen MR) is 114 cm³/mol. The van der Waals surface area contributed by atoms with Crippen molar-refractivity contribution in [2.24, 2.45) is 5.14 Å². The Morgan fingerprint density at radius 2 is 1.89 bits per heavy atom. The van der Waals surface area contributed by atoms with Gasteiger partial charge in [0, 0.05) is 30.4 Å². The van der Waals surface area contributed by atoms with Crippen molar-refractivity contribution in [1.82, 2.24) is 5.32 Å². The van der Waals surface area contributed by atoms with Crippen molar-refractivity contribution in [3.8, 4) is 11.1 Å². The minimum Gasteiger partial charge on any atom is -0.372 e. The van der Waals surface area contributed by atoms with Gasteiger partial charge in [-0.05, 0) is 73.5 Å². The van der Waals surface area contributed by atoms with Gasteiger partial charge in [-0.25, -0.2) is 13.6 Å². The van der Waals surface area contributed by atoms with Crippen LogP contribution in [-0.2, 0) is 22.9 Å². The second-order valence-corrected chi connectivity index (χ2v) is 9.43. The molecule has 0 spiro atoms. The molecule has 2 aromatic rings. The van der Waals surface area contributed by atoms with E-state index in [0.717, 1.165) is 50.1 Å². The average molecular weight is 400 g/mol. The van der Waals surface area contributed by atoms with Crippen LogP contribution >= 0.6 is 0 Å². The third kappa shape index (κ3) is 3.95. The first-order chi connectivity index (χ1) is 13.5. The smallest absolute Gasteiger partial charge is 0.238 e. The van der Waals surface area contributed by atoms with E-state index in [9.17, 15) is 8.42 Å². The molecule has 4 rings (SSSR count). The van der Waals surface area contributed by atoms with E-state index in [2.05, 4.69) is 29.3 Å². The minimum absolute atomic E-state index is 0.205. The molecule has 1 aliphatic heterocycles. The lowest BCUT2D eigenvalue weighted by Gasteiger charge is -2.26. The standard InChI is InChI=1S/C22H29N3O2S/c1-2-24-19-8-7-16-13-18(6-5-17(16)14-19)21-15-20(25-11-3-4-12-25)9-10-22(21)28(23,26)27/h5-6,9-10,13,15,19,24H,2-4,7-8,11-12,14H2,1H3,(H2,23,26,27)/t19-/m0/s1. The molecule has 0 radical (unpaired) electrons. The fourth-order valence-electron chi connectivity index (χ4n) is 4.55. The second kappa shape index (κ2) is 7.85. The van der Waals surface area contributed by atoms with Crippen LogP contribution < -0.4 is 15.4 Å². The topological polar surface area (TPSA) is 75.4 Å². The van der Waals surface area contributed by atoms with Gasteiger partial charge < -0.3 is 10.2 Å². The summed E-state index contributed by atoms with van der Waals surface area (Å²) in [6.45, 7) is 5.16. The number of primary sulfonamides is 1. The number of hydrogen-bond acceptors (Lipinski definition) is 4. The van der Waals surface area contributed by atoms with Gasteiger partial charge in [0.05, 0.1) is 4.90 Å². The van der Waals surface area contributed by atoms with Crippen LogP contribution in [0.2, 0.25) is 0 Å². The third-order valence-corrected chi connectivity index (χ3v) is 6.95. The van der Waals surface area contributed by atoms with Gasteiger partial charge in [0.15, 0.2) is 0 Å². The zero-order chi connectivity index (χ0) is 19.7. The Balaban J connectivity index is 1.74. The Morgan fingerprint density at radius 1 is 1.11 bits per heavy atom. The Labute approximate surface area is 168 Å². The number of nitrogens with one attached hydrogen (secondary N) is 1. The van der Waals surface area contributed by atoms with Gasteiger partial charge in [-0.1, -0.05) is 25.1 Å². The van der Waals surface area contributed by atoms with Crippen LogP contribution in [0.5, 0.6) is 0 Å². The Bertz CT molecular complexity index is 966. The summed E-state index contributed by atoms with van der Waals surface area (Å²) in [6.07, 6.45) is 5.51. The van der Waals surface area contributed by atoms with E-state index in [1.807, 2.05) is 18.2 Å². The van der Waals surface area contributed by atoms with E-state index in [1.165, 1.54) is 24.0 Å². The van der Waals surface area contributed by atoms with Gasteiger partial charge in [0.1, 0.15) is 0 Å². The Morgan fingerprint density at radius 3 is 2.61 bits per heavy atom. The predicted octanol–water partition coefficient (Wildman–Crippen LogP) is 3.07. The van der Waals surface area contributed by atoms with Crippen LogP contribution in [-0.4, -0.2) is 34.1 Å². The molecule has 1 fully saturated rings. The Kier molecular flexibility index (Phi) is 5.45. The summed E-state index contributed by atoms with van der Waals surface area (Å²) in [5, 5.41) is 9.08. The van der Waals surface area contributed by atoms with Gasteiger partial charge in [0.25, 0.3) is 0 Å². The number of anilines is 1. The van der Waals surface area contributed by atoms with E-state index >= 15 is 0 Å². The van der Waals surface area contributed by atoms with Crippen molar-refractivity contribution in [2.45, 2.75) is 50.0 Å². The fourth-order valence-corrected chi connectivity index (χ4v) is 5.29. The van der Waals surface area contributed by atoms with Gasteiger partial charge >= 0.3 is 0 Å². The lowest BCUT2D eigenvalue weighted by atomic mass is 9.86. The van der Waals surface area contributed by atoms with Gasteiger partial charge in [-0.3, -0.25) is 0 Å². The van der Waals surface area contributed by atoms with E-state index in [4.69, 9.17) is 5.14 Å². The fraction of sp³-hybridized carbons (Fsp3) is 0.455. The summed E-state index contributed by atoms with van der Waals surface area (Å²) >= 11 is 0. The summed E-state index contributed by atoms with van der Waals surface area (Å²) in [5.74, 6) is 0. The number of rotatable bonds is 5. The highest BCUT2D eigenvalue weighted by molar-refractivity contribution is 7.89. The SMILES string of the molecule is CCN[C@H]1CCc2cc(-c3cc(N4CCCC4)ccc3S(N)(=O)=O)ccc2C1. The normalized spacial score (nSPS) is 19.6. The van der Waals surface area contributed by atoms with Gasteiger partial charge in [-0.2, -0.15) is 0 Å². The molecular formula is C22H29N3O2S. The van der Waals surface area contributed by atoms with Crippen molar-refractivity contribution in [1.29, 1.82) is 0 Å². The highest BCUT2D eigenvalue weighted by Crippen LogP contribution is 2.34. The number of nitrogens with two attached hydrogens (primary N) is 1. The molecule has 6 heteroatoms. The van der Waals surface area contributed by atoms with E-state index in [0.29, 0.717) is 11.6 Å². The second-order valence-electron chi connectivity index (χ2n) is 7.90. The molecule has 28 heavy (non-hydrogen) atoms. The molecule has 1 atom stereocenters. The van der Waals surface area contributed by atoms with Crippen molar-refractivity contribution < 1.29 is 8.42 Å². The molecule has 2 aromatic carbocycles. The summed E-state index contributed by atoms with van der Waals surface area (Å²) in [5.41, 5.74) is 5.39. The molecule has 0 aromatic heterocycles. The van der Waals surface area contributed by atoms with Crippen molar-refractivity contribution in [2.75, 3.05) is 24.5 Å². The summed E-state index contributed by atoms with van der Waals surface area (Å²) in [7, 11) is -3.79. The first kappa shape index (κ1) is 19.4. The molecule has 0 unspecified atom stereocenters. The summed E-state index contributed by atoms with van der Waals surface area (Å²) in [4.78, 5) is 2.52. The molecule has 5 nitrogen and oxygen atoms in total. The zero-order valence-corrected chi connectivity index (χ0v) is 17.3. The van der Waals surface area contributed by atoms with Crippen molar-refractivity contribution >= 4 is 15.7 Å². The molecule has 1 aliphatic carbocycles. The molecule has 150 valence electrons. The monoisotopic (exact) mass is 399 g/mol. The van der Waals surface area contributed by atoms with Crippen LogP contribution in [0.25, 0.3) is 11.1 Å². The highest BCUT2D eigenvalue weighted by atomic mass is 32.2. The molecule has 3 N–H and O–H groups in total. The number of likely N-dealkylation sites (N-methyl/N-ethyl adjacent to an activating group) is 1. The van der Waals surface area contributed by atoms with Crippen LogP contribution in [0.4, 0.5) is 5.69 Å². The zero-order valence-electron chi connectivity index (χ0n) is 16.4. The van der Waals surface area contributed by atoms with Gasteiger partial charge in [-0.15, -0.1) is 0 Å². The maximum absolute atomic E-state index is 12.2. The third-order valence-electron chi connectivity index (χ3n) is 5.98. The van der Waals surface area contributed by atoms with E-state index in [-0.39, 0.29) is 4.90 Å². The van der Waals surface area contributed by atoms with E-state index < -0.39 is 10.0 Å². The largest absolute Gasteiger partial charge is 0.372 e. The molecule has 1 heterocycles. The number of aryl methyl sites for hydroxylation is 1. The molecule has 0 saturated carbocycles. The quantitative estimate of drug-likeness (QED) is 0.810. The molecular weight excluding hydrogens is 370 g/mol. The lowest BCUT2D eigenvalue weighted by Crippen LogP contribution is -2.34. The highest BCUT2D eigenvalue weighted by Gasteiger charge is 2.22. The van der Waals surface area contributed by atoms with Crippen LogP contribution in [0, 0.1) is 0 Å². The molecule has 0 bridgehead atoms.